The summed E-state index contributed by atoms with van der Waals surface area (Å²) in [5.41, 5.74) is 0.163. The number of fused-ring (bicyclic) bond motifs is 2. The zero-order chi connectivity index (χ0) is 26.6. The number of hydrogen-bond donors (Lipinski definition) is 0. The molecule has 0 amide bonds. The topological polar surface area (TPSA) is 71.1 Å². The molecule has 6 nitrogen and oxygen atoms in total. The van der Waals surface area contributed by atoms with Crippen LogP contribution in [0.3, 0.4) is 0 Å². The van der Waals surface area contributed by atoms with Gasteiger partial charge in [0.05, 0.1) is 26.1 Å². The first kappa shape index (κ1) is 29.0. The SMILES string of the molecule is CC(C)(C)[Si](C)(C)O[C@H]1CC[C@](C)([C@@H]2[CH][C@@H]3CCC4(OCCO4)[C@@]3(C)CC2)[C@@H](CCOS(C)(=O)=O)C1. The lowest BCUT2D eigenvalue weighted by molar-refractivity contribution is -0.231. The molecule has 3 saturated carbocycles. The van der Waals surface area contributed by atoms with Crippen molar-refractivity contribution < 1.29 is 26.5 Å². The van der Waals surface area contributed by atoms with E-state index in [-0.39, 0.29) is 28.6 Å². The van der Waals surface area contributed by atoms with Gasteiger partial charge in [0.2, 0.25) is 0 Å². The van der Waals surface area contributed by atoms with Crippen molar-refractivity contribution in [2.24, 2.45) is 28.6 Å². The van der Waals surface area contributed by atoms with Crippen molar-refractivity contribution in [1.29, 1.82) is 0 Å². The molecule has 0 aromatic rings. The minimum Gasteiger partial charge on any atom is -0.414 e. The first-order chi connectivity index (χ1) is 16.5. The third kappa shape index (κ3) is 5.38. The predicted molar refractivity (Wildman–Crippen MR) is 145 cm³/mol. The summed E-state index contributed by atoms with van der Waals surface area (Å²) in [5, 5.41) is 0.174. The average molecular weight is 544 g/mol. The highest BCUT2D eigenvalue weighted by atomic mass is 32.2. The first-order valence-electron chi connectivity index (χ1n) is 14.2. The molecule has 0 bridgehead atoms. The van der Waals surface area contributed by atoms with Crippen LogP contribution in [0.5, 0.6) is 0 Å². The molecule has 1 radical (unpaired) electrons. The Balaban J connectivity index is 1.50. The van der Waals surface area contributed by atoms with Crippen LogP contribution in [0.1, 0.15) is 86.0 Å². The Kier molecular flexibility index (Phi) is 7.96. The van der Waals surface area contributed by atoms with Gasteiger partial charge in [-0.1, -0.05) is 34.6 Å². The van der Waals surface area contributed by atoms with Gasteiger partial charge in [0, 0.05) is 17.9 Å². The minimum absolute atomic E-state index is 0.0495. The van der Waals surface area contributed by atoms with Crippen LogP contribution in [0.4, 0.5) is 0 Å². The fraction of sp³-hybridized carbons (Fsp3) is 0.964. The van der Waals surface area contributed by atoms with Gasteiger partial charge < -0.3 is 13.9 Å². The molecule has 36 heavy (non-hydrogen) atoms. The molecule has 8 heteroatoms. The third-order valence-electron chi connectivity index (χ3n) is 11.0. The number of rotatable bonds is 7. The molecule has 4 aliphatic rings. The molecule has 6 atom stereocenters. The van der Waals surface area contributed by atoms with Crippen LogP contribution in [-0.4, -0.2) is 54.7 Å². The molecular formula is C28H51O6SSi. The zero-order valence-electron chi connectivity index (χ0n) is 24.0. The molecule has 4 rings (SSSR count). The van der Waals surface area contributed by atoms with E-state index in [2.05, 4.69) is 54.1 Å². The van der Waals surface area contributed by atoms with Gasteiger partial charge in [-0.2, -0.15) is 8.42 Å². The van der Waals surface area contributed by atoms with E-state index >= 15 is 0 Å². The highest BCUT2D eigenvalue weighted by Gasteiger charge is 2.63. The Morgan fingerprint density at radius 1 is 1.00 bits per heavy atom. The molecular weight excluding hydrogens is 492 g/mol. The van der Waals surface area contributed by atoms with Crippen LogP contribution in [-0.2, 0) is 28.2 Å². The summed E-state index contributed by atoms with van der Waals surface area (Å²) in [7, 11) is -5.32. The van der Waals surface area contributed by atoms with E-state index < -0.39 is 24.2 Å². The van der Waals surface area contributed by atoms with Crippen LogP contribution >= 0.6 is 0 Å². The lowest BCUT2D eigenvalue weighted by atomic mass is 9.52. The van der Waals surface area contributed by atoms with E-state index in [0.717, 1.165) is 57.6 Å². The summed E-state index contributed by atoms with van der Waals surface area (Å²) in [6.07, 6.45) is 12.3. The lowest BCUT2D eigenvalue weighted by Gasteiger charge is -2.55. The standard InChI is InChI=1S/C28H51O6SSi/c1-25(2,3)36(7,8)34-24-11-13-26(4,22(20-24)12-16-33-35(6,29)30)21-9-14-27(5)23(19-21)10-15-28(27)31-17-18-32-28/h19,21-24H,9-18,20H2,1-8H3/t21-,22-,23-,24-,26+,27-/m0/s1. The van der Waals surface area contributed by atoms with E-state index in [9.17, 15) is 8.42 Å². The molecule has 0 N–H and O–H groups in total. The van der Waals surface area contributed by atoms with Gasteiger partial charge in [0.1, 0.15) is 0 Å². The fourth-order valence-corrected chi connectivity index (χ4v) is 9.39. The molecule has 0 aromatic carbocycles. The largest absolute Gasteiger partial charge is 0.414 e. The molecule has 1 spiro atoms. The average Bonchev–Trinajstić information content (AvgIpc) is 3.34. The van der Waals surface area contributed by atoms with Gasteiger partial charge >= 0.3 is 0 Å². The van der Waals surface area contributed by atoms with Crippen molar-refractivity contribution in [3.05, 3.63) is 6.42 Å². The lowest BCUT2D eigenvalue weighted by Crippen LogP contribution is -2.52. The van der Waals surface area contributed by atoms with Crippen molar-refractivity contribution in [2.75, 3.05) is 26.1 Å². The van der Waals surface area contributed by atoms with Crippen LogP contribution in [0.15, 0.2) is 0 Å². The van der Waals surface area contributed by atoms with Crippen LogP contribution in [0.2, 0.25) is 18.1 Å². The van der Waals surface area contributed by atoms with Crippen LogP contribution in [0.25, 0.3) is 0 Å². The summed E-state index contributed by atoms with van der Waals surface area (Å²) in [5.74, 6) is 0.976. The number of hydrogen-bond acceptors (Lipinski definition) is 6. The second kappa shape index (κ2) is 9.88. The molecule has 1 heterocycles. The Hall–Kier alpha value is 0.00688. The van der Waals surface area contributed by atoms with E-state index in [1.807, 2.05) is 0 Å². The number of ether oxygens (including phenoxy) is 2. The van der Waals surface area contributed by atoms with Crippen molar-refractivity contribution in [1.82, 2.24) is 0 Å². The molecule has 0 aromatic heterocycles. The maximum atomic E-state index is 11.7. The quantitative estimate of drug-likeness (QED) is 0.276. The van der Waals surface area contributed by atoms with Crippen LogP contribution < -0.4 is 0 Å². The van der Waals surface area contributed by atoms with Gasteiger partial charge in [-0.15, -0.1) is 0 Å². The second-order valence-corrected chi connectivity index (χ2v) is 20.5. The van der Waals surface area contributed by atoms with Crippen molar-refractivity contribution in [2.45, 2.75) is 116 Å². The molecule has 1 aliphatic heterocycles. The maximum Gasteiger partial charge on any atom is 0.264 e. The fourth-order valence-electron chi connectivity index (χ4n) is 7.59. The summed E-state index contributed by atoms with van der Waals surface area (Å²) in [6, 6.07) is 0. The monoisotopic (exact) mass is 543 g/mol. The highest BCUT2D eigenvalue weighted by molar-refractivity contribution is 7.85. The summed E-state index contributed by atoms with van der Waals surface area (Å²) < 4.78 is 48.0. The van der Waals surface area contributed by atoms with E-state index in [1.54, 1.807) is 0 Å². The van der Waals surface area contributed by atoms with E-state index in [1.165, 1.54) is 0 Å². The van der Waals surface area contributed by atoms with Crippen molar-refractivity contribution in [3.63, 3.8) is 0 Å². The molecule has 0 unspecified atom stereocenters. The predicted octanol–water partition coefficient (Wildman–Crippen LogP) is 6.32. The summed E-state index contributed by atoms with van der Waals surface area (Å²) in [4.78, 5) is 0. The Morgan fingerprint density at radius 3 is 2.25 bits per heavy atom. The molecule has 4 fully saturated rings. The maximum absolute atomic E-state index is 11.7. The Bertz CT molecular complexity index is 892. The van der Waals surface area contributed by atoms with E-state index in [4.69, 9.17) is 18.1 Å². The summed E-state index contributed by atoms with van der Waals surface area (Å²) in [6.45, 7) is 18.1. The van der Waals surface area contributed by atoms with Gasteiger partial charge in [-0.25, -0.2) is 0 Å². The van der Waals surface area contributed by atoms with Gasteiger partial charge in [-0.3, -0.25) is 4.18 Å². The van der Waals surface area contributed by atoms with Gasteiger partial charge in [0.15, 0.2) is 14.1 Å². The zero-order valence-corrected chi connectivity index (χ0v) is 25.8. The Labute approximate surface area is 221 Å². The van der Waals surface area contributed by atoms with Gasteiger partial charge in [-0.05, 0) is 92.7 Å². The molecule has 3 aliphatic carbocycles. The van der Waals surface area contributed by atoms with E-state index in [0.29, 0.717) is 31.0 Å². The van der Waals surface area contributed by atoms with Crippen molar-refractivity contribution in [3.8, 4) is 0 Å². The smallest absolute Gasteiger partial charge is 0.264 e. The van der Waals surface area contributed by atoms with Crippen molar-refractivity contribution >= 4 is 18.4 Å². The molecule has 1 saturated heterocycles. The summed E-state index contributed by atoms with van der Waals surface area (Å²) >= 11 is 0. The third-order valence-corrected chi connectivity index (χ3v) is 16.2. The molecule has 209 valence electrons. The second-order valence-electron chi connectivity index (χ2n) is 14.1. The Morgan fingerprint density at radius 2 is 1.64 bits per heavy atom. The van der Waals surface area contributed by atoms with Crippen LogP contribution in [0, 0.1) is 35.0 Å². The highest BCUT2D eigenvalue weighted by Crippen LogP contribution is 2.64. The normalized spacial score (nSPS) is 39.4. The minimum atomic E-state index is -3.44. The first-order valence-corrected chi connectivity index (χ1v) is 18.9. The van der Waals surface area contributed by atoms with Gasteiger partial charge in [0.25, 0.3) is 10.1 Å².